The minimum absolute atomic E-state index is 0.226. The molecule has 82 valence electrons. The molecule has 5 nitrogen and oxygen atoms in total. The maximum atomic E-state index is 11.4. The third kappa shape index (κ3) is 2.60. The SMILES string of the molecule is Cc1ccc(/C=C/C(=O)Nc2cn[nH]c2)o1. The van der Waals surface area contributed by atoms with Crippen LogP contribution in [0.5, 0.6) is 0 Å². The van der Waals surface area contributed by atoms with Crippen LogP contribution in [0, 0.1) is 6.92 Å². The number of amides is 1. The molecule has 2 heterocycles. The number of aromatic amines is 1. The van der Waals surface area contributed by atoms with Crippen LogP contribution in [0.2, 0.25) is 0 Å². The lowest BCUT2D eigenvalue weighted by Gasteiger charge is -1.94. The van der Waals surface area contributed by atoms with Crippen LogP contribution < -0.4 is 5.32 Å². The monoisotopic (exact) mass is 217 g/mol. The number of carbonyl (C=O) groups is 1. The van der Waals surface area contributed by atoms with Crippen LogP contribution in [0.4, 0.5) is 5.69 Å². The van der Waals surface area contributed by atoms with Gasteiger partial charge in [-0.05, 0) is 25.1 Å². The van der Waals surface area contributed by atoms with E-state index in [1.165, 1.54) is 12.3 Å². The number of rotatable bonds is 3. The standard InChI is InChI=1S/C11H11N3O2/c1-8-2-3-10(16-8)4-5-11(15)14-9-6-12-13-7-9/h2-7H,1H3,(H,12,13)(H,14,15)/b5-4+. The van der Waals surface area contributed by atoms with Crippen molar-refractivity contribution >= 4 is 17.7 Å². The van der Waals surface area contributed by atoms with Crippen molar-refractivity contribution in [2.75, 3.05) is 5.32 Å². The van der Waals surface area contributed by atoms with Crippen molar-refractivity contribution in [3.63, 3.8) is 0 Å². The van der Waals surface area contributed by atoms with Gasteiger partial charge in [0.1, 0.15) is 11.5 Å². The number of furan rings is 1. The molecule has 16 heavy (non-hydrogen) atoms. The molecule has 2 aromatic rings. The summed E-state index contributed by atoms with van der Waals surface area (Å²) in [5.41, 5.74) is 0.630. The first-order chi connectivity index (χ1) is 7.74. The zero-order chi connectivity index (χ0) is 11.4. The molecule has 0 unspecified atom stereocenters. The molecule has 0 bridgehead atoms. The number of hydrogen-bond acceptors (Lipinski definition) is 3. The summed E-state index contributed by atoms with van der Waals surface area (Å²) in [5, 5.41) is 8.96. The Bertz CT molecular complexity index is 497. The number of aromatic nitrogens is 2. The molecule has 0 atom stereocenters. The smallest absolute Gasteiger partial charge is 0.248 e. The molecule has 2 rings (SSSR count). The summed E-state index contributed by atoms with van der Waals surface area (Å²) in [6, 6.07) is 3.64. The molecular weight excluding hydrogens is 206 g/mol. The highest BCUT2D eigenvalue weighted by Gasteiger charge is 1.99. The van der Waals surface area contributed by atoms with Gasteiger partial charge in [-0.3, -0.25) is 9.89 Å². The first-order valence-corrected chi connectivity index (χ1v) is 4.78. The van der Waals surface area contributed by atoms with Gasteiger partial charge in [0.05, 0.1) is 11.9 Å². The van der Waals surface area contributed by atoms with Crippen LogP contribution in [-0.4, -0.2) is 16.1 Å². The largest absolute Gasteiger partial charge is 0.462 e. The fraction of sp³-hybridized carbons (Fsp3) is 0.0909. The van der Waals surface area contributed by atoms with Gasteiger partial charge >= 0.3 is 0 Å². The highest BCUT2D eigenvalue weighted by Crippen LogP contribution is 2.08. The highest BCUT2D eigenvalue weighted by atomic mass is 16.3. The van der Waals surface area contributed by atoms with E-state index in [9.17, 15) is 4.79 Å². The predicted molar refractivity (Wildman–Crippen MR) is 59.7 cm³/mol. The average molecular weight is 217 g/mol. The highest BCUT2D eigenvalue weighted by molar-refractivity contribution is 6.01. The molecular formula is C11H11N3O2. The Morgan fingerprint density at radius 3 is 3.06 bits per heavy atom. The Morgan fingerprint density at radius 1 is 1.56 bits per heavy atom. The first kappa shape index (κ1) is 10.2. The molecule has 2 N–H and O–H groups in total. The van der Waals surface area contributed by atoms with Gasteiger partial charge in [0.2, 0.25) is 5.91 Å². The van der Waals surface area contributed by atoms with E-state index in [0.717, 1.165) is 5.76 Å². The van der Waals surface area contributed by atoms with E-state index in [1.807, 2.05) is 13.0 Å². The molecule has 0 saturated heterocycles. The number of nitrogens with one attached hydrogen (secondary N) is 2. The van der Waals surface area contributed by atoms with Gasteiger partial charge in [0.25, 0.3) is 0 Å². The van der Waals surface area contributed by atoms with Crippen LogP contribution in [0.3, 0.4) is 0 Å². The van der Waals surface area contributed by atoms with Crippen molar-refractivity contribution in [3.05, 3.63) is 42.1 Å². The zero-order valence-electron chi connectivity index (χ0n) is 8.73. The lowest BCUT2D eigenvalue weighted by molar-refractivity contribution is -0.111. The molecule has 0 fully saturated rings. The van der Waals surface area contributed by atoms with E-state index in [0.29, 0.717) is 11.4 Å². The Kier molecular flexibility index (Phi) is 2.86. The van der Waals surface area contributed by atoms with E-state index in [4.69, 9.17) is 4.42 Å². The van der Waals surface area contributed by atoms with E-state index >= 15 is 0 Å². The van der Waals surface area contributed by atoms with Crippen molar-refractivity contribution in [2.45, 2.75) is 6.92 Å². The number of hydrogen-bond donors (Lipinski definition) is 2. The Morgan fingerprint density at radius 2 is 2.44 bits per heavy atom. The topological polar surface area (TPSA) is 70.9 Å². The summed E-state index contributed by atoms with van der Waals surface area (Å²) in [6.45, 7) is 1.85. The number of nitrogens with zero attached hydrogens (tertiary/aromatic N) is 1. The maximum absolute atomic E-state index is 11.4. The maximum Gasteiger partial charge on any atom is 0.248 e. The van der Waals surface area contributed by atoms with Crippen LogP contribution in [0.25, 0.3) is 6.08 Å². The van der Waals surface area contributed by atoms with E-state index in [1.54, 1.807) is 18.3 Å². The van der Waals surface area contributed by atoms with Crippen LogP contribution in [-0.2, 0) is 4.79 Å². The zero-order valence-corrected chi connectivity index (χ0v) is 8.73. The fourth-order valence-corrected chi connectivity index (χ4v) is 1.20. The van der Waals surface area contributed by atoms with Crippen molar-refractivity contribution in [2.24, 2.45) is 0 Å². The summed E-state index contributed by atoms with van der Waals surface area (Å²) in [6.07, 6.45) is 6.15. The number of anilines is 1. The molecule has 0 aliphatic heterocycles. The summed E-state index contributed by atoms with van der Waals surface area (Å²) in [4.78, 5) is 11.4. The Hall–Kier alpha value is -2.30. The molecule has 0 aliphatic rings. The van der Waals surface area contributed by atoms with Crippen LogP contribution in [0.15, 0.2) is 35.0 Å². The summed E-state index contributed by atoms with van der Waals surface area (Å²) >= 11 is 0. The van der Waals surface area contributed by atoms with Gasteiger partial charge in [-0.2, -0.15) is 5.10 Å². The number of carbonyl (C=O) groups excluding carboxylic acids is 1. The summed E-state index contributed by atoms with van der Waals surface area (Å²) in [5.74, 6) is 1.24. The Labute approximate surface area is 92.2 Å². The number of aryl methyl sites for hydroxylation is 1. The summed E-state index contributed by atoms with van der Waals surface area (Å²) in [7, 11) is 0. The van der Waals surface area contributed by atoms with Gasteiger partial charge in [-0.25, -0.2) is 0 Å². The van der Waals surface area contributed by atoms with E-state index < -0.39 is 0 Å². The Balaban J connectivity index is 1.94. The lowest BCUT2D eigenvalue weighted by atomic mass is 10.3. The fourth-order valence-electron chi connectivity index (χ4n) is 1.20. The van der Waals surface area contributed by atoms with Crippen molar-refractivity contribution < 1.29 is 9.21 Å². The van der Waals surface area contributed by atoms with Gasteiger partial charge in [-0.15, -0.1) is 0 Å². The molecule has 0 aromatic carbocycles. The van der Waals surface area contributed by atoms with Crippen molar-refractivity contribution in [1.82, 2.24) is 10.2 Å². The average Bonchev–Trinajstić information content (AvgIpc) is 2.87. The summed E-state index contributed by atoms with van der Waals surface area (Å²) < 4.78 is 5.28. The lowest BCUT2D eigenvalue weighted by Crippen LogP contribution is -2.06. The van der Waals surface area contributed by atoms with Gasteiger partial charge in [0.15, 0.2) is 0 Å². The van der Waals surface area contributed by atoms with Crippen molar-refractivity contribution in [1.29, 1.82) is 0 Å². The quantitative estimate of drug-likeness (QED) is 0.772. The molecule has 5 heteroatoms. The van der Waals surface area contributed by atoms with Crippen molar-refractivity contribution in [3.8, 4) is 0 Å². The van der Waals surface area contributed by atoms with Crippen LogP contribution >= 0.6 is 0 Å². The molecule has 0 aliphatic carbocycles. The predicted octanol–water partition coefficient (Wildman–Crippen LogP) is 1.96. The van der Waals surface area contributed by atoms with Crippen LogP contribution in [0.1, 0.15) is 11.5 Å². The minimum Gasteiger partial charge on any atom is -0.462 e. The second-order valence-corrected chi connectivity index (χ2v) is 3.26. The third-order valence-electron chi connectivity index (χ3n) is 1.93. The van der Waals surface area contributed by atoms with Gasteiger partial charge < -0.3 is 9.73 Å². The van der Waals surface area contributed by atoms with Gasteiger partial charge in [-0.1, -0.05) is 0 Å². The van der Waals surface area contributed by atoms with E-state index in [-0.39, 0.29) is 5.91 Å². The number of H-pyrrole nitrogens is 1. The minimum atomic E-state index is -0.226. The molecule has 1 amide bonds. The van der Waals surface area contributed by atoms with Gasteiger partial charge in [0, 0.05) is 12.3 Å². The first-order valence-electron chi connectivity index (χ1n) is 4.78. The second-order valence-electron chi connectivity index (χ2n) is 3.26. The molecule has 0 spiro atoms. The third-order valence-corrected chi connectivity index (χ3v) is 1.93. The molecule has 0 saturated carbocycles. The van der Waals surface area contributed by atoms with E-state index in [2.05, 4.69) is 15.5 Å². The molecule has 2 aromatic heterocycles. The molecule has 0 radical (unpaired) electrons. The second kappa shape index (κ2) is 4.48. The normalized spacial score (nSPS) is 10.8.